The summed E-state index contributed by atoms with van der Waals surface area (Å²) in [5.74, 6) is 2.45. The van der Waals surface area contributed by atoms with Gasteiger partial charge in [-0.05, 0) is 87.1 Å². The van der Waals surface area contributed by atoms with Gasteiger partial charge in [0.1, 0.15) is 5.76 Å². The number of allylic oxidation sites excluding steroid dienone is 3. The Kier molecular flexibility index (Phi) is 4.47. The van der Waals surface area contributed by atoms with Crippen molar-refractivity contribution in [2.75, 3.05) is 7.11 Å². The molecule has 128 valence electrons. The van der Waals surface area contributed by atoms with Gasteiger partial charge in [0.15, 0.2) is 0 Å². The summed E-state index contributed by atoms with van der Waals surface area (Å²) in [5.41, 5.74) is 7.48. The molecule has 24 heavy (non-hydrogen) atoms. The molecule has 0 aliphatic heterocycles. The summed E-state index contributed by atoms with van der Waals surface area (Å²) in [6.07, 6.45) is 10.7. The van der Waals surface area contributed by atoms with E-state index in [-0.39, 0.29) is 0 Å². The van der Waals surface area contributed by atoms with Crippen LogP contribution in [0.1, 0.15) is 62.5 Å². The molecule has 0 saturated heterocycles. The minimum Gasteiger partial charge on any atom is -0.496 e. The highest BCUT2D eigenvalue weighted by molar-refractivity contribution is 6.31. The first-order valence-electron chi connectivity index (χ1n) is 9.44. The van der Waals surface area contributed by atoms with Gasteiger partial charge in [-0.2, -0.15) is 0 Å². The molecule has 0 N–H and O–H groups in total. The van der Waals surface area contributed by atoms with Crippen LogP contribution >= 0.6 is 11.6 Å². The summed E-state index contributed by atoms with van der Waals surface area (Å²) in [5, 5.41) is 0.834. The molecule has 0 spiro atoms. The van der Waals surface area contributed by atoms with Crippen molar-refractivity contribution in [3.63, 3.8) is 0 Å². The lowest BCUT2D eigenvalue weighted by Gasteiger charge is -2.43. The van der Waals surface area contributed by atoms with E-state index in [0.29, 0.717) is 11.8 Å². The van der Waals surface area contributed by atoms with Crippen LogP contribution in [0.4, 0.5) is 0 Å². The molecule has 4 rings (SSSR count). The van der Waals surface area contributed by atoms with E-state index in [2.05, 4.69) is 19.1 Å². The smallest absolute Gasteiger partial charge is 0.126 e. The molecular weight excluding hydrogens is 316 g/mol. The number of halogens is 1. The van der Waals surface area contributed by atoms with Crippen LogP contribution in [0, 0.1) is 18.8 Å². The number of methoxy groups -OCH3 is 1. The average molecular weight is 343 g/mol. The lowest BCUT2D eigenvalue weighted by Crippen LogP contribution is -2.30. The zero-order valence-corrected chi connectivity index (χ0v) is 15.6. The number of fused-ring (bicyclic) bond motifs is 3. The zero-order valence-electron chi connectivity index (χ0n) is 14.8. The van der Waals surface area contributed by atoms with E-state index in [1.165, 1.54) is 56.9 Å². The lowest BCUT2D eigenvalue weighted by molar-refractivity contribution is 0.311. The van der Waals surface area contributed by atoms with Crippen LogP contribution in [0.25, 0.3) is 5.76 Å². The number of ether oxygens (including phenoxy) is 1. The Hall–Kier alpha value is -1.21. The highest BCUT2D eigenvalue weighted by atomic mass is 35.5. The van der Waals surface area contributed by atoms with Crippen LogP contribution in [-0.2, 0) is 4.74 Å². The zero-order chi connectivity index (χ0) is 16.7. The fourth-order valence-electron chi connectivity index (χ4n) is 5.21. The first-order valence-corrected chi connectivity index (χ1v) is 9.82. The van der Waals surface area contributed by atoms with Crippen molar-refractivity contribution in [3.8, 4) is 0 Å². The highest BCUT2D eigenvalue weighted by Gasteiger charge is 2.39. The Bertz CT molecular complexity index is 713. The number of benzene rings is 1. The molecule has 1 aromatic rings. The molecule has 2 atom stereocenters. The molecule has 0 amide bonds. The van der Waals surface area contributed by atoms with Gasteiger partial charge in [0.25, 0.3) is 0 Å². The normalized spacial score (nSPS) is 28.5. The maximum Gasteiger partial charge on any atom is 0.126 e. The SMILES string of the molecule is COC(=C1C2CCCC1C1=C(CCCC1)C2)c1ccc(Cl)c(C)c1. The second-order valence-corrected chi connectivity index (χ2v) is 8.08. The molecule has 3 aliphatic rings. The largest absolute Gasteiger partial charge is 0.496 e. The average Bonchev–Trinajstić information content (AvgIpc) is 2.59. The van der Waals surface area contributed by atoms with E-state index in [9.17, 15) is 0 Å². The standard InChI is InChI=1S/C22H27ClO/c1-14-12-17(10-11-20(14)23)22(24-2)21-16-7-5-9-19(21)18-8-4-3-6-15(18)13-16/h10-12,16,19H,3-9,13H2,1-2H3. The molecule has 1 aromatic carbocycles. The van der Waals surface area contributed by atoms with Crippen LogP contribution in [0.2, 0.25) is 5.02 Å². The van der Waals surface area contributed by atoms with Crippen molar-refractivity contribution in [3.05, 3.63) is 51.1 Å². The van der Waals surface area contributed by atoms with Crippen molar-refractivity contribution >= 4 is 17.4 Å². The predicted octanol–water partition coefficient (Wildman–Crippen LogP) is 6.70. The monoisotopic (exact) mass is 342 g/mol. The van der Waals surface area contributed by atoms with E-state index < -0.39 is 0 Å². The second kappa shape index (κ2) is 6.59. The third-order valence-electron chi connectivity index (χ3n) is 6.29. The summed E-state index contributed by atoms with van der Waals surface area (Å²) >= 11 is 6.24. The Morgan fingerprint density at radius 3 is 2.75 bits per heavy atom. The van der Waals surface area contributed by atoms with Gasteiger partial charge >= 0.3 is 0 Å². The topological polar surface area (TPSA) is 9.23 Å². The van der Waals surface area contributed by atoms with Crippen LogP contribution < -0.4 is 0 Å². The number of hydrogen-bond acceptors (Lipinski definition) is 1. The van der Waals surface area contributed by atoms with Crippen molar-refractivity contribution in [2.45, 2.75) is 58.3 Å². The van der Waals surface area contributed by atoms with Gasteiger partial charge in [-0.15, -0.1) is 0 Å². The first kappa shape index (κ1) is 16.3. The number of hydrogen-bond donors (Lipinski definition) is 0. The Morgan fingerprint density at radius 1 is 1.12 bits per heavy atom. The van der Waals surface area contributed by atoms with Gasteiger partial charge in [0, 0.05) is 16.5 Å². The molecule has 0 radical (unpaired) electrons. The van der Waals surface area contributed by atoms with Crippen molar-refractivity contribution in [1.82, 2.24) is 0 Å². The van der Waals surface area contributed by atoms with Crippen LogP contribution in [0.3, 0.4) is 0 Å². The predicted molar refractivity (Wildman–Crippen MR) is 101 cm³/mol. The number of rotatable bonds is 2. The molecule has 2 heteroatoms. The van der Waals surface area contributed by atoms with Gasteiger partial charge < -0.3 is 4.74 Å². The third kappa shape index (κ3) is 2.71. The lowest BCUT2D eigenvalue weighted by atomic mass is 9.62. The van der Waals surface area contributed by atoms with Crippen molar-refractivity contribution in [2.24, 2.45) is 11.8 Å². The van der Waals surface area contributed by atoms with Crippen molar-refractivity contribution in [1.29, 1.82) is 0 Å². The molecule has 1 saturated carbocycles. The van der Waals surface area contributed by atoms with E-state index in [4.69, 9.17) is 16.3 Å². The molecule has 2 bridgehead atoms. The Morgan fingerprint density at radius 2 is 1.96 bits per heavy atom. The molecule has 1 fully saturated rings. The van der Waals surface area contributed by atoms with E-state index in [1.807, 2.05) is 13.2 Å². The molecule has 2 unspecified atom stereocenters. The fraction of sp³-hybridized carbons (Fsp3) is 0.545. The van der Waals surface area contributed by atoms with E-state index in [1.54, 1.807) is 16.7 Å². The molecular formula is C22H27ClO. The fourth-order valence-corrected chi connectivity index (χ4v) is 5.33. The van der Waals surface area contributed by atoms with Gasteiger partial charge in [0.2, 0.25) is 0 Å². The second-order valence-electron chi connectivity index (χ2n) is 7.67. The van der Waals surface area contributed by atoms with Gasteiger partial charge in [-0.1, -0.05) is 29.2 Å². The maximum atomic E-state index is 6.24. The Labute approximate surface area is 150 Å². The quantitative estimate of drug-likeness (QED) is 0.429. The summed E-state index contributed by atoms with van der Waals surface area (Å²) in [7, 11) is 1.84. The Balaban J connectivity index is 1.83. The molecule has 3 aliphatic carbocycles. The minimum atomic E-state index is 0.638. The maximum absolute atomic E-state index is 6.24. The van der Waals surface area contributed by atoms with Gasteiger partial charge in [0.05, 0.1) is 7.11 Å². The van der Waals surface area contributed by atoms with E-state index in [0.717, 1.165) is 16.3 Å². The molecule has 0 aromatic heterocycles. The van der Waals surface area contributed by atoms with Gasteiger partial charge in [-0.25, -0.2) is 0 Å². The van der Waals surface area contributed by atoms with Crippen LogP contribution in [0.5, 0.6) is 0 Å². The van der Waals surface area contributed by atoms with Crippen LogP contribution in [-0.4, -0.2) is 7.11 Å². The van der Waals surface area contributed by atoms with Gasteiger partial charge in [-0.3, -0.25) is 0 Å². The third-order valence-corrected chi connectivity index (χ3v) is 6.71. The van der Waals surface area contributed by atoms with E-state index >= 15 is 0 Å². The van der Waals surface area contributed by atoms with Crippen LogP contribution in [0.15, 0.2) is 34.9 Å². The summed E-state index contributed by atoms with van der Waals surface area (Å²) in [4.78, 5) is 0. The first-order chi connectivity index (χ1) is 11.7. The summed E-state index contributed by atoms with van der Waals surface area (Å²) in [6.45, 7) is 2.08. The van der Waals surface area contributed by atoms with Crippen molar-refractivity contribution < 1.29 is 4.74 Å². The summed E-state index contributed by atoms with van der Waals surface area (Å²) in [6, 6.07) is 6.33. The highest BCUT2D eigenvalue weighted by Crippen LogP contribution is 2.53. The minimum absolute atomic E-state index is 0.638. The molecule has 1 nitrogen and oxygen atoms in total. The number of aryl methyl sites for hydroxylation is 1. The summed E-state index contributed by atoms with van der Waals surface area (Å²) < 4.78 is 6.00. The molecule has 0 heterocycles.